The van der Waals surface area contributed by atoms with Crippen LogP contribution in [0.25, 0.3) is 21.8 Å². The lowest BCUT2D eigenvalue weighted by molar-refractivity contribution is 0.313. The lowest BCUT2D eigenvalue weighted by atomic mass is 10.0. The summed E-state index contributed by atoms with van der Waals surface area (Å²) in [5, 5.41) is 5.05. The predicted molar refractivity (Wildman–Crippen MR) is 129 cm³/mol. The summed E-state index contributed by atoms with van der Waals surface area (Å²) in [6, 6.07) is 6.35. The second-order valence-electron chi connectivity index (χ2n) is 7.87. The minimum Gasteiger partial charge on any atom is -0.345 e. The standard InChI is InChI=1S/C21H24ClFN6O2S2/c1-3-16(33(24,30)31)13-5-4-6-14(17(13)23)18-19(15-7-8-25-20(22)26-15)32-21(27-18)29-11-9-28(2)10-12-29/h4-8,16H,3,9-12H2,1-2H3,(H2,24,30,31). The highest BCUT2D eigenvalue weighted by Gasteiger charge is 2.29. The predicted octanol–water partition coefficient (Wildman–Crippen LogP) is 3.55. The number of nitrogens with zero attached hydrogens (tertiary/aromatic N) is 5. The number of hydrogen-bond acceptors (Lipinski definition) is 8. The molecule has 1 unspecified atom stereocenters. The normalized spacial score (nSPS) is 16.2. The van der Waals surface area contributed by atoms with E-state index in [4.69, 9.17) is 21.7 Å². The summed E-state index contributed by atoms with van der Waals surface area (Å²) < 4.78 is 39.9. The minimum absolute atomic E-state index is 0.0262. The number of sulfonamides is 1. The Hall–Kier alpha value is -2.18. The van der Waals surface area contributed by atoms with E-state index in [1.165, 1.54) is 23.6 Å². The SMILES string of the molecule is CCC(c1cccc(-c2nc(N3CCN(C)CC3)sc2-c2ccnc(Cl)n2)c1F)S(N)(=O)=O. The van der Waals surface area contributed by atoms with Crippen molar-refractivity contribution in [1.82, 2.24) is 19.9 Å². The molecule has 8 nitrogen and oxygen atoms in total. The lowest BCUT2D eigenvalue weighted by Gasteiger charge is -2.32. The van der Waals surface area contributed by atoms with Crippen molar-refractivity contribution in [2.45, 2.75) is 18.6 Å². The molecule has 1 saturated heterocycles. The van der Waals surface area contributed by atoms with Crippen LogP contribution >= 0.6 is 22.9 Å². The van der Waals surface area contributed by atoms with E-state index in [0.717, 1.165) is 31.3 Å². The molecule has 0 radical (unpaired) electrons. The Bertz CT molecular complexity index is 1260. The highest BCUT2D eigenvalue weighted by Crippen LogP contribution is 2.42. The molecule has 176 valence electrons. The fourth-order valence-electron chi connectivity index (χ4n) is 3.87. The van der Waals surface area contributed by atoms with Crippen molar-refractivity contribution >= 4 is 38.1 Å². The number of nitrogens with two attached hydrogens (primary N) is 1. The molecule has 12 heteroatoms. The molecular formula is C21H24ClFN6O2S2. The van der Waals surface area contributed by atoms with E-state index in [2.05, 4.69) is 26.8 Å². The van der Waals surface area contributed by atoms with Gasteiger partial charge < -0.3 is 9.80 Å². The van der Waals surface area contributed by atoms with Gasteiger partial charge in [0.1, 0.15) is 11.1 Å². The first-order valence-corrected chi connectivity index (χ1v) is 13.2. The average molecular weight is 511 g/mol. The van der Waals surface area contributed by atoms with Crippen LogP contribution < -0.4 is 10.0 Å². The molecule has 1 fully saturated rings. The number of rotatable bonds is 6. The number of likely N-dealkylation sites (N-methyl/N-ethyl adjacent to an activating group) is 1. The summed E-state index contributed by atoms with van der Waals surface area (Å²) in [6.45, 7) is 5.02. The van der Waals surface area contributed by atoms with Crippen molar-refractivity contribution in [2.24, 2.45) is 5.14 Å². The molecule has 2 aromatic heterocycles. The monoisotopic (exact) mass is 510 g/mol. The van der Waals surface area contributed by atoms with Gasteiger partial charge in [-0.2, -0.15) is 0 Å². The number of anilines is 1. The van der Waals surface area contributed by atoms with Gasteiger partial charge in [-0.1, -0.05) is 30.4 Å². The van der Waals surface area contributed by atoms with Crippen LogP contribution in [0, 0.1) is 5.82 Å². The van der Waals surface area contributed by atoms with Gasteiger partial charge in [-0.15, -0.1) is 0 Å². The molecule has 0 spiro atoms. The summed E-state index contributed by atoms with van der Waals surface area (Å²) in [6.07, 6.45) is 1.68. The van der Waals surface area contributed by atoms with E-state index < -0.39 is 21.1 Å². The number of aromatic nitrogens is 3. The molecule has 1 atom stereocenters. The third kappa shape index (κ3) is 5.02. The molecule has 0 amide bonds. The molecule has 33 heavy (non-hydrogen) atoms. The number of benzene rings is 1. The quantitative estimate of drug-likeness (QED) is 0.505. The van der Waals surface area contributed by atoms with Gasteiger partial charge in [0.2, 0.25) is 15.3 Å². The first-order valence-electron chi connectivity index (χ1n) is 10.4. The topological polar surface area (TPSA) is 105 Å². The van der Waals surface area contributed by atoms with Gasteiger partial charge in [-0.25, -0.2) is 32.9 Å². The summed E-state index contributed by atoms with van der Waals surface area (Å²) in [5.41, 5.74) is 1.12. The highest BCUT2D eigenvalue weighted by atomic mass is 35.5. The molecule has 0 saturated carbocycles. The summed E-state index contributed by atoms with van der Waals surface area (Å²) in [4.78, 5) is 18.0. The Balaban J connectivity index is 1.87. The molecule has 3 heterocycles. The number of piperazine rings is 1. The van der Waals surface area contributed by atoms with Gasteiger partial charge in [0.15, 0.2) is 5.13 Å². The number of halogens is 2. The Morgan fingerprint density at radius 3 is 2.58 bits per heavy atom. The maximum Gasteiger partial charge on any atom is 0.222 e. The van der Waals surface area contributed by atoms with Gasteiger partial charge in [-0.3, -0.25) is 0 Å². The Labute approximate surface area is 201 Å². The zero-order valence-electron chi connectivity index (χ0n) is 18.2. The van der Waals surface area contributed by atoms with Crippen molar-refractivity contribution in [3.05, 3.63) is 47.1 Å². The van der Waals surface area contributed by atoms with E-state index in [1.807, 2.05) is 0 Å². The largest absolute Gasteiger partial charge is 0.345 e. The zero-order valence-corrected chi connectivity index (χ0v) is 20.6. The summed E-state index contributed by atoms with van der Waals surface area (Å²) >= 11 is 7.42. The first-order chi connectivity index (χ1) is 15.7. The second-order valence-corrected chi connectivity index (χ2v) is 10.9. The van der Waals surface area contributed by atoms with Crippen molar-refractivity contribution in [3.63, 3.8) is 0 Å². The van der Waals surface area contributed by atoms with E-state index in [-0.39, 0.29) is 22.8 Å². The molecular weight excluding hydrogens is 487 g/mol. The molecule has 1 aliphatic heterocycles. The van der Waals surface area contributed by atoms with Gasteiger partial charge in [0.05, 0.1) is 16.3 Å². The fraction of sp³-hybridized carbons (Fsp3) is 0.381. The average Bonchev–Trinajstić information content (AvgIpc) is 3.20. The van der Waals surface area contributed by atoms with E-state index in [0.29, 0.717) is 16.3 Å². The van der Waals surface area contributed by atoms with Gasteiger partial charge in [0.25, 0.3) is 0 Å². The number of thiazole rings is 1. The maximum absolute atomic E-state index is 15.8. The van der Waals surface area contributed by atoms with Crippen molar-refractivity contribution in [2.75, 3.05) is 38.1 Å². The van der Waals surface area contributed by atoms with Gasteiger partial charge >= 0.3 is 0 Å². The fourth-order valence-corrected chi connectivity index (χ4v) is 6.12. The van der Waals surface area contributed by atoms with E-state index in [1.54, 1.807) is 25.1 Å². The van der Waals surface area contributed by atoms with Crippen molar-refractivity contribution in [1.29, 1.82) is 0 Å². The van der Waals surface area contributed by atoms with Gasteiger partial charge in [-0.05, 0) is 37.2 Å². The van der Waals surface area contributed by atoms with E-state index >= 15 is 4.39 Å². The first kappa shape index (κ1) is 24.0. The van der Waals surface area contributed by atoms with Crippen LogP contribution in [0.15, 0.2) is 30.5 Å². The van der Waals surface area contributed by atoms with Crippen molar-refractivity contribution in [3.8, 4) is 21.8 Å². The number of hydrogen-bond donors (Lipinski definition) is 1. The van der Waals surface area contributed by atoms with Crippen molar-refractivity contribution < 1.29 is 12.8 Å². The van der Waals surface area contributed by atoms with Gasteiger partial charge in [0, 0.05) is 43.5 Å². The maximum atomic E-state index is 15.8. The smallest absolute Gasteiger partial charge is 0.222 e. The third-order valence-corrected chi connectivity index (χ3v) is 8.35. The van der Waals surface area contributed by atoms with Crippen LogP contribution in [-0.4, -0.2) is 61.5 Å². The Morgan fingerprint density at radius 2 is 1.94 bits per heavy atom. The third-order valence-electron chi connectivity index (χ3n) is 5.65. The highest BCUT2D eigenvalue weighted by molar-refractivity contribution is 7.89. The molecule has 3 aromatic rings. The Kier molecular flexibility index (Phi) is 6.96. The minimum atomic E-state index is -3.98. The zero-order chi connectivity index (χ0) is 23.8. The van der Waals surface area contributed by atoms with Crippen LogP contribution in [0.4, 0.5) is 9.52 Å². The van der Waals surface area contributed by atoms with Crippen LogP contribution in [0.1, 0.15) is 24.2 Å². The van der Waals surface area contributed by atoms with Crippen LogP contribution in [0.2, 0.25) is 5.28 Å². The summed E-state index contributed by atoms with van der Waals surface area (Å²) in [5.74, 6) is -0.657. The molecule has 2 N–H and O–H groups in total. The molecule has 1 aliphatic rings. The second kappa shape index (κ2) is 9.59. The number of primary sulfonamides is 1. The van der Waals surface area contributed by atoms with Crippen LogP contribution in [-0.2, 0) is 10.0 Å². The lowest BCUT2D eigenvalue weighted by Crippen LogP contribution is -2.44. The molecule has 4 rings (SSSR count). The van der Waals surface area contributed by atoms with E-state index in [9.17, 15) is 8.42 Å². The molecule has 1 aromatic carbocycles. The van der Waals surface area contributed by atoms with Crippen LogP contribution in [0.3, 0.4) is 0 Å². The summed E-state index contributed by atoms with van der Waals surface area (Å²) in [7, 11) is -1.92. The molecule has 0 aliphatic carbocycles. The van der Waals surface area contributed by atoms with Crippen LogP contribution in [0.5, 0.6) is 0 Å². The Morgan fingerprint density at radius 1 is 1.21 bits per heavy atom. The molecule has 0 bridgehead atoms.